The van der Waals surface area contributed by atoms with Crippen molar-refractivity contribution in [2.24, 2.45) is 5.92 Å². The van der Waals surface area contributed by atoms with Gasteiger partial charge in [0.1, 0.15) is 5.82 Å². The van der Waals surface area contributed by atoms with E-state index in [9.17, 15) is 0 Å². The van der Waals surface area contributed by atoms with E-state index in [2.05, 4.69) is 25.5 Å². The Morgan fingerprint density at radius 2 is 2.22 bits per heavy atom. The third-order valence-electron chi connectivity index (χ3n) is 3.18. The zero-order valence-corrected chi connectivity index (χ0v) is 11.4. The molecule has 0 atom stereocenters. The number of H-pyrrole nitrogens is 1. The lowest BCUT2D eigenvalue weighted by atomic mass is 10.0. The Morgan fingerprint density at radius 1 is 1.39 bits per heavy atom. The van der Waals surface area contributed by atoms with Gasteiger partial charge in [-0.15, -0.1) is 0 Å². The first-order valence-electron chi connectivity index (χ1n) is 6.01. The lowest BCUT2D eigenvalue weighted by Crippen LogP contribution is -2.19. The Balaban J connectivity index is 1.75. The Labute approximate surface area is 114 Å². The maximum absolute atomic E-state index is 5.89. The summed E-state index contributed by atoms with van der Waals surface area (Å²) in [6.45, 7) is 0.939. The number of rotatable bonds is 3. The molecular weight excluding hydrogens is 270 g/mol. The average Bonchev–Trinajstić information content (AvgIpc) is 2.85. The molecule has 0 aliphatic carbocycles. The van der Waals surface area contributed by atoms with Crippen molar-refractivity contribution in [3.05, 3.63) is 11.5 Å². The van der Waals surface area contributed by atoms with Gasteiger partial charge < -0.3 is 5.32 Å². The van der Waals surface area contributed by atoms with Crippen molar-refractivity contribution in [3.8, 4) is 0 Å². The SMILES string of the molecule is Clc1nc(NCC2CCSCC2)c2cn[nH]c2n1. The molecule has 0 amide bonds. The Bertz CT molecular complexity index is 537. The molecule has 18 heavy (non-hydrogen) atoms. The molecule has 0 unspecified atom stereocenters. The van der Waals surface area contributed by atoms with Gasteiger partial charge in [-0.3, -0.25) is 5.10 Å². The van der Waals surface area contributed by atoms with E-state index >= 15 is 0 Å². The monoisotopic (exact) mass is 283 g/mol. The van der Waals surface area contributed by atoms with Crippen LogP contribution in [0.2, 0.25) is 5.28 Å². The van der Waals surface area contributed by atoms with Gasteiger partial charge in [0.25, 0.3) is 0 Å². The second kappa shape index (κ2) is 5.32. The molecule has 3 heterocycles. The van der Waals surface area contributed by atoms with E-state index in [1.807, 2.05) is 11.8 Å². The molecule has 0 radical (unpaired) electrons. The maximum Gasteiger partial charge on any atom is 0.226 e. The molecule has 0 aromatic carbocycles. The van der Waals surface area contributed by atoms with Gasteiger partial charge in [0.2, 0.25) is 5.28 Å². The first-order valence-corrected chi connectivity index (χ1v) is 7.54. The molecule has 1 saturated heterocycles. The first kappa shape index (κ1) is 12.0. The van der Waals surface area contributed by atoms with Gasteiger partial charge in [0.05, 0.1) is 11.6 Å². The second-order valence-corrected chi connectivity index (χ2v) is 5.97. The summed E-state index contributed by atoms with van der Waals surface area (Å²) in [7, 11) is 0. The molecule has 0 bridgehead atoms. The summed E-state index contributed by atoms with van der Waals surface area (Å²) in [6.07, 6.45) is 4.26. The van der Waals surface area contributed by atoms with Crippen LogP contribution >= 0.6 is 23.4 Å². The van der Waals surface area contributed by atoms with Crippen LogP contribution in [0.5, 0.6) is 0 Å². The summed E-state index contributed by atoms with van der Waals surface area (Å²) in [4.78, 5) is 8.32. The minimum atomic E-state index is 0.244. The number of aromatic amines is 1. The summed E-state index contributed by atoms with van der Waals surface area (Å²) >= 11 is 7.93. The van der Waals surface area contributed by atoms with Gasteiger partial charge in [-0.1, -0.05) is 0 Å². The summed E-state index contributed by atoms with van der Waals surface area (Å²) in [5, 5.41) is 11.3. The Kier molecular flexibility index (Phi) is 3.56. The first-order chi connectivity index (χ1) is 8.83. The number of aromatic nitrogens is 4. The van der Waals surface area contributed by atoms with Crippen LogP contribution in [0, 0.1) is 5.92 Å². The van der Waals surface area contributed by atoms with Crippen molar-refractivity contribution >= 4 is 40.2 Å². The average molecular weight is 284 g/mol. The van der Waals surface area contributed by atoms with Crippen molar-refractivity contribution in [2.75, 3.05) is 23.4 Å². The summed E-state index contributed by atoms with van der Waals surface area (Å²) in [5.41, 5.74) is 0.677. The van der Waals surface area contributed by atoms with Crippen LogP contribution in [0.1, 0.15) is 12.8 Å². The van der Waals surface area contributed by atoms with Crippen LogP contribution in [0.25, 0.3) is 11.0 Å². The third-order valence-corrected chi connectivity index (χ3v) is 4.40. The molecule has 96 valence electrons. The molecule has 1 aliphatic rings. The zero-order valence-electron chi connectivity index (χ0n) is 9.82. The Morgan fingerprint density at radius 3 is 3.06 bits per heavy atom. The fourth-order valence-electron chi connectivity index (χ4n) is 2.13. The molecule has 3 rings (SSSR count). The summed E-state index contributed by atoms with van der Waals surface area (Å²) < 4.78 is 0. The third kappa shape index (κ3) is 2.54. The van der Waals surface area contributed by atoms with Crippen molar-refractivity contribution in [1.82, 2.24) is 20.2 Å². The fraction of sp³-hybridized carbons (Fsp3) is 0.545. The highest BCUT2D eigenvalue weighted by Crippen LogP contribution is 2.24. The van der Waals surface area contributed by atoms with E-state index < -0.39 is 0 Å². The second-order valence-electron chi connectivity index (χ2n) is 4.41. The molecule has 2 aromatic rings. The molecular formula is C11H14ClN5S. The number of halogens is 1. The highest BCUT2D eigenvalue weighted by Gasteiger charge is 2.15. The molecule has 0 saturated carbocycles. The fourth-order valence-corrected chi connectivity index (χ4v) is 3.51. The van der Waals surface area contributed by atoms with Crippen LogP contribution in [0.3, 0.4) is 0 Å². The number of nitrogens with one attached hydrogen (secondary N) is 2. The van der Waals surface area contributed by atoms with Gasteiger partial charge in [-0.05, 0) is 41.9 Å². The maximum atomic E-state index is 5.89. The number of fused-ring (bicyclic) bond motifs is 1. The molecule has 5 nitrogen and oxygen atoms in total. The number of thioether (sulfide) groups is 1. The molecule has 1 fully saturated rings. The van der Waals surface area contributed by atoms with Crippen molar-refractivity contribution in [3.63, 3.8) is 0 Å². The van der Waals surface area contributed by atoms with Crippen LogP contribution in [0.4, 0.5) is 5.82 Å². The van der Waals surface area contributed by atoms with Gasteiger partial charge in [-0.2, -0.15) is 26.8 Å². The standard InChI is InChI=1S/C11H14ClN5S/c12-11-15-9(8-6-14-17-10(8)16-11)13-5-7-1-3-18-4-2-7/h6-7H,1-5H2,(H2,13,14,15,16,17). The van der Waals surface area contributed by atoms with Crippen molar-refractivity contribution < 1.29 is 0 Å². The predicted molar refractivity (Wildman–Crippen MR) is 75.2 cm³/mol. The van der Waals surface area contributed by atoms with Crippen molar-refractivity contribution in [1.29, 1.82) is 0 Å². The predicted octanol–water partition coefficient (Wildman–Crippen LogP) is 2.56. The minimum absolute atomic E-state index is 0.244. The van der Waals surface area contributed by atoms with Crippen LogP contribution in [-0.4, -0.2) is 38.2 Å². The summed E-state index contributed by atoms with van der Waals surface area (Å²) in [6, 6.07) is 0. The van der Waals surface area contributed by atoms with E-state index in [0.29, 0.717) is 5.65 Å². The molecule has 2 N–H and O–H groups in total. The number of hydrogen-bond donors (Lipinski definition) is 2. The largest absolute Gasteiger partial charge is 0.369 e. The molecule has 7 heteroatoms. The van der Waals surface area contributed by atoms with Gasteiger partial charge in [-0.25, -0.2) is 0 Å². The van der Waals surface area contributed by atoms with Gasteiger partial charge in [0, 0.05) is 6.54 Å². The van der Waals surface area contributed by atoms with Crippen LogP contribution in [-0.2, 0) is 0 Å². The normalized spacial score (nSPS) is 17.2. The van der Waals surface area contributed by atoms with Gasteiger partial charge in [0.15, 0.2) is 5.65 Å². The number of hydrogen-bond acceptors (Lipinski definition) is 5. The van der Waals surface area contributed by atoms with Crippen molar-refractivity contribution in [2.45, 2.75) is 12.8 Å². The van der Waals surface area contributed by atoms with Crippen LogP contribution < -0.4 is 5.32 Å². The zero-order chi connectivity index (χ0) is 12.4. The lowest BCUT2D eigenvalue weighted by molar-refractivity contribution is 0.515. The van der Waals surface area contributed by atoms with E-state index in [1.54, 1.807) is 6.20 Å². The lowest BCUT2D eigenvalue weighted by Gasteiger charge is -2.21. The van der Waals surface area contributed by atoms with E-state index in [-0.39, 0.29) is 5.28 Å². The Hall–Kier alpha value is -1.01. The minimum Gasteiger partial charge on any atom is -0.369 e. The quantitative estimate of drug-likeness (QED) is 0.848. The number of nitrogens with zero attached hydrogens (tertiary/aromatic N) is 3. The highest BCUT2D eigenvalue weighted by molar-refractivity contribution is 7.99. The molecule has 0 spiro atoms. The number of anilines is 1. The van der Waals surface area contributed by atoms with E-state index in [1.165, 1.54) is 24.3 Å². The summed E-state index contributed by atoms with van der Waals surface area (Å²) in [5.74, 6) is 4.02. The molecule has 1 aliphatic heterocycles. The van der Waals surface area contributed by atoms with Crippen LogP contribution in [0.15, 0.2) is 6.20 Å². The topological polar surface area (TPSA) is 66.5 Å². The smallest absolute Gasteiger partial charge is 0.226 e. The molecule has 2 aromatic heterocycles. The highest BCUT2D eigenvalue weighted by atomic mass is 35.5. The van der Waals surface area contributed by atoms with E-state index in [0.717, 1.165) is 23.7 Å². The van der Waals surface area contributed by atoms with Gasteiger partial charge >= 0.3 is 0 Å². The van der Waals surface area contributed by atoms with E-state index in [4.69, 9.17) is 11.6 Å².